The quantitative estimate of drug-likeness (QED) is 0.546. The standard InChI is InChI=1S/C21H21ClN2O2/c1-25-20-12-11-16(14-23-24-18-8-3-2-4-9-18)13-21(20)26-15-17-7-5-6-10-19(17)22/h2-13,23-24H,14-15H2,1H3. The van der Waals surface area contributed by atoms with Crippen molar-refractivity contribution in [3.63, 3.8) is 0 Å². The Kier molecular flexibility index (Phi) is 6.36. The van der Waals surface area contributed by atoms with Crippen LogP contribution in [-0.4, -0.2) is 7.11 Å². The fourth-order valence-corrected chi connectivity index (χ4v) is 2.67. The van der Waals surface area contributed by atoms with Gasteiger partial charge in [0.1, 0.15) is 6.61 Å². The molecule has 2 N–H and O–H groups in total. The highest BCUT2D eigenvalue weighted by atomic mass is 35.5. The van der Waals surface area contributed by atoms with Gasteiger partial charge in [-0.05, 0) is 35.9 Å². The third-order valence-electron chi connectivity index (χ3n) is 3.87. The highest BCUT2D eigenvalue weighted by Gasteiger charge is 2.08. The van der Waals surface area contributed by atoms with Crippen LogP contribution in [0, 0.1) is 0 Å². The van der Waals surface area contributed by atoms with Crippen molar-refractivity contribution in [2.45, 2.75) is 13.2 Å². The van der Waals surface area contributed by atoms with Gasteiger partial charge in [0.15, 0.2) is 11.5 Å². The molecule has 0 bridgehead atoms. The molecule has 0 aliphatic heterocycles. The molecule has 0 heterocycles. The Morgan fingerprint density at radius 2 is 1.65 bits per heavy atom. The van der Waals surface area contributed by atoms with Crippen LogP contribution in [0.3, 0.4) is 0 Å². The van der Waals surface area contributed by atoms with Gasteiger partial charge in [-0.1, -0.05) is 54.1 Å². The molecule has 3 rings (SSSR count). The largest absolute Gasteiger partial charge is 0.493 e. The van der Waals surface area contributed by atoms with Gasteiger partial charge in [0.2, 0.25) is 0 Å². The number of methoxy groups -OCH3 is 1. The monoisotopic (exact) mass is 368 g/mol. The first-order chi connectivity index (χ1) is 12.8. The molecule has 4 nitrogen and oxygen atoms in total. The lowest BCUT2D eigenvalue weighted by atomic mass is 10.2. The Balaban J connectivity index is 1.63. The molecule has 0 saturated carbocycles. The summed E-state index contributed by atoms with van der Waals surface area (Å²) in [5.74, 6) is 1.38. The Labute approximate surface area is 158 Å². The van der Waals surface area contributed by atoms with Crippen LogP contribution in [0.4, 0.5) is 5.69 Å². The van der Waals surface area contributed by atoms with E-state index >= 15 is 0 Å². The number of halogens is 1. The average molecular weight is 369 g/mol. The topological polar surface area (TPSA) is 42.5 Å². The zero-order valence-electron chi connectivity index (χ0n) is 14.5. The maximum Gasteiger partial charge on any atom is 0.161 e. The summed E-state index contributed by atoms with van der Waals surface area (Å²) in [6.45, 7) is 1.02. The molecule has 5 heteroatoms. The predicted octanol–water partition coefficient (Wildman–Crippen LogP) is 5.04. The summed E-state index contributed by atoms with van der Waals surface area (Å²) < 4.78 is 11.3. The molecule has 0 atom stereocenters. The van der Waals surface area contributed by atoms with Gasteiger partial charge in [-0.3, -0.25) is 0 Å². The Hall–Kier alpha value is -2.69. The molecule has 26 heavy (non-hydrogen) atoms. The van der Waals surface area contributed by atoms with E-state index < -0.39 is 0 Å². The molecule has 0 unspecified atom stereocenters. The lowest BCUT2D eigenvalue weighted by Gasteiger charge is -2.14. The van der Waals surface area contributed by atoms with E-state index in [9.17, 15) is 0 Å². The zero-order valence-corrected chi connectivity index (χ0v) is 15.3. The van der Waals surface area contributed by atoms with E-state index in [1.165, 1.54) is 0 Å². The molecule has 0 aromatic heterocycles. The molecule has 0 spiro atoms. The molecule has 0 aliphatic rings. The Bertz CT molecular complexity index is 840. The predicted molar refractivity (Wildman–Crippen MR) is 106 cm³/mol. The lowest BCUT2D eigenvalue weighted by molar-refractivity contribution is 0.284. The SMILES string of the molecule is COc1ccc(CNNc2ccccc2)cc1OCc1ccccc1Cl. The molecule has 0 radical (unpaired) electrons. The molecular weight excluding hydrogens is 348 g/mol. The molecule has 0 amide bonds. The summed E-state index contributed by atoms with van der Waals surface area (Å²) >= 11 is 6.19. The van der Waals surface area contributed by atoms with Crippen molar-refractivity contribution >= 4 is 17.3 Å². The van der Waals surface area contributed by atoms with Crippen molar-refractivity contribution in [2.75, 3.05) is 12.5 Å². The van der Waals surface area contributed by atoms with Crippen LogP contribution >= 0.6 is 11.6 Å². The van der Waals surface area contributed by atoms with Crippen LogP contribution in [0.15, 0.2) is 72.8 Å². The second-order valence-electron chi connectivity index (χ2n) is 5.71. The van der Waals surface area contributed by atoms with Crippen LogP contribution in [0.2, 0.25) is 5.02 Å². The van der Waals surface area contributed by atoms with E-state index in [1.807, 2.05) is 72.8 Å². The molecule has 3 aromatic rings. The Morgan fingerprint density at radius 1 is 0.885 bits per heavy atom. The van der Waals surface area contributed by atoms with Crippen LogP contribution in [0.1, 0.15) is 11.1 Å². The Morgan fingerprint density at radius 3 is 2.42 bits per heavy atom. The van der Waals surface area contributed by atoms with E-state index in [4.69, 9.17) is 21.1 Å². The smallest absolute Gasteiger partial charge is 0.161 e. The van der Waals surface area contributed by atoms with E-state index in [0.29, 0.717) is 29.7 Å². The van der Waals surface area contributed by atoms with Gasteiger partial charge in [0, 0.05) is 22.8 Å². The number of ether oxygens (including phenoxy) is 2. The molecule has 0 fully saturated rings. The van der Waals surface area contributed by atoms with Crippen molar-refractivity contribution in [1.82, 2.24) is 5.43 Å². The molecule has 134 valence electrons. The first-order valence-corrected chi connectivity index (χ1v) is 8.71. The van der Waals surface area contributed by atoms with Gasteiger partial charge >= 0.3 is 0 Å². The maximum absolute atomic E-state index is 6.19. The van der Waals surface area contributed by atoms with E-state index in [2.05, 4.69) is 10.9 Å². The minimum Gasteiger partial charge on any atom is -0.493 e. The zero-order chi connectivity index (χ0) is 18.2. The number of anilines is 1. The van der Waals surface area contributed by atoms with Gasteiger partial charge < -0.3 is 14.9 Å². The summed E-state index contributed by atoms with van der Waals surface area (Å²) in [5.41, 5.74) is 9.38. The molecule has 0 aliphatic carbocycles. The second-order valence-corrected chi connectivity index (χ2v) is 6.12. The minimum absolute atomic E-state index is 0.384. The maximum atomic E-state index is 6.19. The summed E-state index contributed by atoms with van der Waals surface area (Å²) in [5, 5.41) is 0.691. The van der Waals surface area contributed by atoms with Crippen molar-refractivity contribution in [2.24, 2.45) is 0 Å². The fraction of sp³-hybridized carbons (Fsp3) is 0.143. The third kappa shape index (κ3) is 4.91. The van der Waals surface area contributed by atoms with E-state index in [1.54, 1.807) is 7.11 Å². The van der Waals surface area contributed by atoms with Gasteiger partial charge in [-0.25, -0.2) is 5.43 Å². The van der Waals surface area contributed by atoms with Gasteiger partial charge in [0.25, 0.3) is 0 Å². The third-order valence-corrected chi connectivity index (χ3v) is 4.24. The van der Waals surface area contributed by atoms with Crippen LogP contribution < -0.4 is 20.3 Å². The van der Waals surface area contributed by atoms with Crippen molar-refractivity contribution < 1.29 is 9.47 Å². The summed E-state index contributed by atoms with van der Waals surface area (Å²) in [6, 6.07) is 23.5. The normalized spacial score (nSPS) is 10.4. The van der Waals surface area contributed by atoms with Crippen molar-refractivity contribution in [3.8, 4) is 11.5 Å². The number of para-hydroxylation sites is 1. The average Bonchev–Trinajstić information content (AvgIpc) is 2.68. The summed E-state index contributed by atoms with van der Waals surface area (Å²) in [4.78, 5) is 0. The first-order valence-electron chi connectivity index (χ1n) is 8.33. The highest BCUT2D eigenvalue weighted by Crippen LogP contribution is 2.29. The van der Waals surface area contributed by atoms with Crippen molar-refractivity contribution in [1.29, 1.82) is 0 Å². The number of hydrogen-bond donors (Lipinski definition) is 2. The minimum atomic E-state index is 0.384. The molecule has 3 aromatic carbocycles. The fourth-order valence-electron chi connectivity index (χ4n) is 2.48. The van der Waals surface area contributed by atoms with E-state index in [0.717, 1.165) is 16.8 Å². The lowest BCUT2D eigenvalue weighted by Crippen LogP contribution is -2.20. The summed E-state index contributed by atoms with van der Waals surface area (Å²) in [7, 11) is 1.63. The van der Waals surface area contributed by atoms with E-state index in [-0.39, 0.29) is 0 Å². The molecule has 0 saturated heterocycles. The number of rotatable bonds is 8. The van der Waals surface area contributed by atoms with Gasteiger partial charge in [-0.15, -0.1) is 0 Å². The number of benzene rings is 3. The van der Waals surface area contributed by atoms with Gasteiger partial charge in [0.05, 0.1) is 7.11 Å². The van der Waals surface area contributed by atoms with Crippen LogP contribution in [-0.2, 0) is 13.2 Å². The summed E-state index contributed by atoms with van der Waals surface area (Å²) in [6.07, 6.45) is 0. The number of hydrazine groups is 1. The second kappa shape index (κ2) is 9.13. The first kappa shape index (κ1) is 18.1. The van der Waals surface area contributed by atoms with Crippen molar-refractivity contribution in [3.05, 3.63) is 88.9 Å². The molecular formula is C21H21ClN2O2. The highest BCUT2D eigenvalue weighted by molar-refractivity contribution is 6.31. The van der Waals surface area contributed by atoms with Crippen LogP contribution in [0.5, 0.6) is 11.5 Å². The number of hydrogen-bond acceptors (Lipinski definition) is 4. The number of nitrogens with one attached hydrogen (secondary N) is 2. The van der Waals surface area contributed by atoms with Gasteiger partial charge in [-0.2, -0.15) is 0 Å². The van der Waals surface area contributed by atoms with Crippen LogP contribution in [0.25, 0.3) is 0 Å².